The zero-order valence-corrected chi connectivity index (χ0v) is 15.7. The molecule has 1 aromatic heterocycles. The molecule has 2 N–H and O–H groups in total. The van der Waals surface area contributed by atoms with Gasteiger partial charge in [-0.3, -0.25) is 19.7 Å². The molecule has 0 radical (unpaired) electrons. The minimum absolute atomic E-state index is 0.0159. The van der Waals surface area contributed by atoms with Gasteiger partial charge < -0.3 is 10.6 Å². The molecule has 0 aliphatic heterocycles. The lowest BCUT2D eigenvalue weighted by Crippen LogP contribution is -2.27. The molecule has 2 aromatic carbocycles. The molecule has 0 unspecified atom stereocenters. The maximum absolute atomic E-state index is 12.3. The van der Waals surface area contributed by atoms with Crippen LogP contribution in [-0.4, -0.2) is 38.0 Å². The van der Waals surface area contributed by atoms with Crippen molar-refractivity contribution in [3.63, 3.8) is 0 Å². The molecule has 1 heterocycles. The number of carbonyl (C=O) groups excluding carboxylic acids is 2. The van der Waals surface area contributed by atoms with Crippen LogP contribution in [0.1, 0.15) is 16.8 Å². The van der Waals surface area contributed by atoms with Gasteiger partial charge in [0, 0.05) is 35.7 Å². The Balaban J connectivity index is 1.56. The second-order valence-corrected chi connectivity index (χ2v) is 6.30. The Morgan fingerprint density at radius 3 is 2.59 bits per heavy atom. The van der Waals surface area contributed by atoms with Crippen LogP contribution in [0.5, 0.6) is 0 Å². The standard InChI is InChI=1S/C18H15ClN6O4/c19-13-3-6-16(24-11-20-10-22-24)15(9-13)23-17(26)7-8-21-18(27)12-1-4-14(5-2-12)25(28)29/h1-6,9-11H,7-8H2,(H,21,27)(H,23,26). The molecule has 0 bridgehead atoms. The molecule has 0 atom stereocenters. The Kier molecular flexibility index (Phi) is 6.15. The number of non-ortho nitro benzene ring substituents is 1. The van der Waals surface area contributed by atoms with Gasteiger partial charge in [-0.1, -0.05) is 11.6 Å². The largest absolute Gasteiger partial charge is 0.352 e. The van der Waals surface area contributed by atoms with Crippen LogP contribution >= 0.6 is 11.6 Å². The van der Waals surface area contributed by atoms with E-state index in [-0.39, 0.29) is 30.1 Å². The third-order valence-corrected chi connectivity index (χ3v) is 4.11. The lowest BCUT2D eigenvalue weighted by Gasteiger charge is -2.11. The first-order valence-electron chi connectivity index (χ1n) is 8.41. The number of halogens is 1. The quantitative estimate of drug-likeness (QED) is 0.451. The highest BCUT2D eigenvalue weighted by molar-refractivity contribution is 6.31. The monoisotopic (exact) mass is 414 g/mol. The summed E-state index contributed by atoms with van der Waals surface area (Å²) in [6.45, 7) is 0.0842. The number of nitro benzene ring substituents is 1. The number of nitrogens with zero attached hydrogens (tertiary/aromatic N) is 4. The SMILES string of the molecule is O=C(CCNC(=O)c1ccc([N+](=O)[O-])cc1)Nc1cc(Cl)ccc1-n1cncn1. The molecule has 29 heavy (non-hydrogen) atoms. The lowest BCUT2D eigenvalue weighted by atomic mass is 10.2. The first kappa shape index (κ1) is 20.0. The number of nitro groups is 1. The van der Waals surface area contributed by atoms with Crippen LogP contribution < -0.4 is 10.6 Å². The van der Waals surface area contributed by atoms with E-state index in [0.29, 0.717) is 16.4 Å². The van der Waals surface area contributed by atoms with Gasteiger partial charge in [-0.15, -0.1) is 0 Å². The Hall–Kier alpha value is -3.79. The molecular formula is C18H15ClN6O4. The van der Waals surface area contributed by atoms with Crippen molar-refractivity contribution in [3.05, 3.63) is 75.8 Å². The lowest BCUT2D eigenvalue weighted by molar-refractivity contribution is -0.384. The van der Waals surface area contributed by atoms with Gasteiger partial charge in [0.2, 0.25) is 5.91 Å². The molecule has 0 aliphatic carbocycles. The van der Waals surface area contributed by atoms with Gasteiger partial charge >= 0.3 is 0 Å². The number of anilines is 1. The molecule has 3 aromatic rings. The van der Waals surface area contributed by atoms with Crippen LogP contribution in [-0.2, 0) is 4.79 Å². The molecule has 0 spiro atoms. The Bertz CT molecular complexity index is 1040. The third kappa shape index (κ3) is 5.14. The van der Waals surface area contributed by atoms with Crippen molar-refractivity contribution in [3.8, 4) is 5.69 Å². The van der Waals surface area contributed by atoms with Crippen molar-refractivity contribution in [2.75, 3.05) is 11.9 Å². The van der Waals surface area contributed by atoms with Crippen LogP contribution in [0.4, 0.5) is 11.4 Å². The molecule has 0 saturated carbocycles. The molecule has 148 valence electrons. The predicted molar refractivity (Wildman–Crippen MR) is 105 cm³/mol. The van der Waals surface area contributed by atoms with Gasteiger partial charge in [0.1, 0.15) is 12.7 Å². The van der Waals surface area contributed by atoms with E-state index in [1.165, 1.54) is 41.6 Å². The minimum atomic E-state index is -0.546. The van der Waals surface area contributed by atoms with Crippen LogP contribution in [0, 0.1) is 10.1 Å². The van der Waals surface area contributed by atoms with E-state index in [4.69, 9.17) is 11.6 Å². The van der Waals surface area contributed by atoms with Crippen LogP contribution in [0.3, 0.4) is 0 Å². The molecule has 11 heteroatoms. The van der Waals surface area contributed by atoms with Crippen molar-refractivity contribution < 1.29 is 14.5 Å². The van der Waals surface area contributed by atoms with E-state index in [0.717, 1.165) is 0 Å². The molecule has 10 nitrogen and oxygen atoms in total. The summed E-state index contributed by atoms with van der Waals surface area (Å²) in [7, 11) is 0. The average molecular weight is 415 g/mol. The van der Waals surface area contributed by atoms with E-state index in [1.807, 2.05) is 0 Å². The van der Waals surface area contributed by atoms with Gasteiger partial charge in [0.25, 0.3) is 11.6 Å². The molecule has 3 rings (SSSR count). The van der Waals surface area contributed by atoms with Gasteiger partial charge in [-0.2, -0.15) is 5.10 Å². The molecular weight excluding hydrogens is 400 g/mol. The van der Waals surface area contributed by atoms with E-state index in [9.17, 15) is 19.7 Å². The third-order valence-electron chi connectivity index (χ3n) is 3.88. The number of carbonyl (C=O) groups is 2. The maximum atomic E-state index is 12.3. The van der Waals surface area contributed by atoms with E-state index in [2.05, 4.69) is 20.7 Å². The normalized spacial score (nSPS) is 10.4. The Morgan fingerprint density at radius 1 is 1.17 bits per heavy atom. The van der Waals surface area contributed by atoms with Gasteiger partial charge in [0.05, 0.1) is 16.3 Å². The summed E-state index contributed by atoms with van der Waals surface area (Å²) in [4.78, 5) is 38.3. The molecule has 0 aliphatic rings. The van der Waals surface area contributed by atoms with Crippen LogP contribution in [0.15, 0.2) is 55.1 Å². The number of nitrogens with one attached hydrogen (secondary N) is 2. The fraction of sp³-hybridized carbons (Fsp3) is 0.111. The second-order valence-electron chi connectivity index (χ2n) is 5.86. The van der Waals surface area contributed by atoms with Crippen LogP contribution in [0.2, 0.25) is 5.02 Å². The summed E-state index contributed by atoms with van der Waals surface area (Å²) >= 11 is 6.01. The summed E-state index contributed by atoms with van der Waals surface area (Å²) in [5.74, 6) is -0.767. The Morgan fingerprint density at radius 2 is 1.93 bits per heavy atom. The summed E-state index contributed by atoms with van der Waals surface area (Å²) < 4.78 is 1.49. The van der Waals surface area contributed by atoms with Gasteiger partial charge in [-0.05, 0) is 30.3 Å². The number of amides is 2. The van der Waals surface area contributed by atoms with E-state index in [1.54, 1.807) is 18.2 Å². The zero-order valence-electron chi connectivity index (χ0n) is 14.9. The summed E-state index contributed by atoms with van der Waals surface area (Å²) in [5.41, 5.74) is 1.20. The highest BCUT2D eigenvalue weighted by Crippen LogP contribution is 2.24. The summed E-state index contributed by atoms with van der Waals surface area (Å²) in [5, 5.41) is 20.4. The van der Waals surface area contributed by atoms with E-state index < -0.39 is 10.8 Å². The molecule has 0 fully saturated rings. The first-order chi connectivity index (χ1) is 13.9. The highest BCUT2D eigenvalue weighted by Gasteiger charge is 2.12. The van der Waals surface area contributed by atoms with Gasteiger partial charge in [0.15, 0.2) is 0 Å². The number of benzene rings is 2. The van der Waals surface area contributed by atoms with Crippen molar-refractivity contribution >= 4 is 34.8 Å². The predicted octanol–water partition coefficient (Wildman–Crippen LogP) is 2.59. The number of hydrogen-bond donors (Lipinski definition) is 2. The number of rotatable bonds is 7. The molecule has 2 amide bonds. The number of aromatic nitrogens is 3. The maximum Gasteiger partial charge on any atom is 0.269 e. The fourth-order valence-electron chi connectivity index (χ4n) is 2.48. The Labute approximate surface area is 169 Å². The summed E-state index contributed by atoms with van der Waals surface area (Å²) in [6.07, 6.45) is 2.87. The van der Waals surface area contributed by atoms with E-state index >= 15 is 0 Å². The molecule has 0 saturated heterocycles. The summed E-state index contributed by atoms with van der Waals surface area (Å²) in [6, 6.07) is 10.1. The van der Waals surface area contributed by atoms with Crippen molar-refractivity contribution in [1.82, 2.24) is 20.1 Å². The zero-order chi connectivity index (χ0) is 20.8. The second kappa shape index (κ2) is 8.93. The first-order valence-corrected chi connectivity index (χ1v) is 8.79. The average Bonchev–Trinajstić information content (AvgIpc) is 3.22. The van der Waals surface area contributed by atoms with Crippen molar-refractivity contribution in [2.45, 2.75) is 6.42 Å². The number of hydrogen-bond acceptors (Lipinski definition) is 6. The topological polar surface area (TPSA) is 132 Å². The fourth-order valence-corrected chi connectivity index (χ4v) is 2.65. The smallest absolute Gasteiger partial charge is 0.269 e. The van der Waals surface area contributed by atoms with Crippen molar-refractivity contribution in [2.24, 2.45) is 0 Å². The van der Waals surface area contributed by atoms with Gasteiger partial charge in [-0.25, -0.2) is 9.67 Å². The minimum Gasteiger partial charge on any atom is -0.352 e. The highest BCUT2D eigenvalue weighted by atomic mass is 35.5. The van der Waals surface area contributed by atoms with Crippen molar-refractivity contribution in [1.29, 1.82) is 0 Å². The van der Waals surface area contributed by atoms with Crippen LogP contribution in [0.25, 0.3) is 5.69 Å².